The maximum atomic E-state index is 13.2. The molecule has 1 fully saturated rings. The zero-order valence-electron chi connectivity index (χ0n) is 15.0. The molecule has 0 N–H and O–H groups in total. The normalized spacial score (nSPS) is 17.8. The minimum Gasteiger partial charge on any atom is -0.274 e. The zero-order valence-corrected chi connectivity index (χ0v) is 17.4. The third-order valence-corrected chi connectivity index (χ3v) is 8.92. The minimum absolute atomic E-state index is 0.0653. The predicted octanol–water partition coefficient (Wildman–Crippen LogP) is 0.510. The van der Waals surface area contributed by atoms with Gasteiger partial charge in [0.1, 0.15) is 20.8 Å². The molecule has 0 spiro atoms. The van der Waals surface area contributed by atoms with Crippen LogP contribution in [0.1, 0.15) is 6.42 Å². The molecule has 1 aromatic carbocycles. The number of nitrogens with zero attached hydrogens (tertiary/aromatic N) is 6. The van der Waals surface area contributed by atoms with E-state index < -0.39 is 20.0 Å². The number of benzene rings is 1. The highest BCUT2D eigenvalue weighted by Crippen LogP contribution is 2.26. The van der Waals surface area contributed by atoms with E-state index in [1.54, 1.807) is 19.2 Å². The Balaban J connectivity index is 1.59. The zero-order chi connectivity index (χ0) is 19.9. The van der Waals surface area contributed by atoms with Crippen LogP contribution < -0.4 is 0 Å². The summed E-state index contributed by atoms with van der Waals surface area (Å²) < 4.78 is 64.2. The molecule has 10 nitrogen and oxygen atoms in total. The minimum atomic E-state index is -3.81. The van der Waals surface area contributed by atoms with Crippen molar-refractivity contribution in [3.05, 3.63) is 30.6 Å². The van der Waals surface area contributed by atoms with Gasteiger partial charge in [0.2, 0.25) is 20.0 Å². The summed E-state index contributed by atoms with van der Waals surface area (Å²) >= 11 is 0.959. The Morgan fingerprint density at radius 2 is 1.68 bits per heavy atom. The molecule has 1 aliphatic rings. The molecule has 2 aromatic heterocycles. The molecule has 0 unspecified atom stereocenters. The summed E-state index contributed by atoms with van der Waals surface area (Å²) in [5.41, 5.74) is 0.873. The van der Waals surface area contributed by atoms with Gasteiger partial charge in [-0.3, -0.25) is 4.68 Å². The van der Waals surface area contributed by atoms with Crippen LogP contribution in [-0.2, 0) is 27.1 Å². The Hall–Kier alpha value is -1.93. The van der Waals surface area contributed by atoms with Gasteiger partial charge >= 0.3 is 0 Å². The van der Waals surface area contributed by atoms with E-state index in [1.807, 2.05) is 0 Å². The van der Waals surface area contributed by atoms with Crippen LogP contribution in [0.3, 0.4) is 0 Å². The summed E-state index contributed by atoms with van der Waals surface area (Å²) in [6.45, 7) is 0.610. The van der Waals surface area contributed by atoms with Gasteiger partial charge in [0, 0.05) is 39.4 Å². The Morgan fingerprint density at radius 1 is 0.964 bits per heavy atom. The van der Waals surface area contributed by atoms with E-state index in [1.165, 1.54) is 31.8 Å². The quantitative estimate of drug-likeness (QED) is 0.577. The second-order valence-electron chi connectivity index (χ2n) is 6.40. The van der Waals surface area contributed by atoms with Crippen molar-refractivity contribution in [2.45, 2.75) is 16.2 Å². The van der Waals surface area contributed by atoms with Crippen molar-refractivity contribution >= 4 is 42.8 Å². The SMILES string of the molecule is Cn1cc(S(=O)(=O)N2CCCN(S(=O)(=O)c3cccc4nsnc34)CC2)cn1. The molecular weight excluding hydrogens is 424 g/mol. The van der Waals surface area contributed by atoms with E-state index in [2.05, 4.69) is 13.8 Å². The number of rotatable bonds is 4. The smallest absolute Gasteiger partial charge is 0.246 e. The fourth-order valence-corrected chi connectivity index (χ4v) is 6.84. The van der Waals surface area contributed by atoms with Gasteiger partial charge in [0.05, 0.1) is 17.9 Å². The van der Waals surface area contributed by atoms with Crippen LogP contribution >= 0.6 is 11.7 Å². The van der Waals surface area contributed by atoms with Gasteiger partial charge in [-0.15, -0.1) is 0 Å². The van der Waals surface area contributed by atoms with Crippen LogP contribution in [0, 0.1) is 0 Å². The molecule has 0 saturated carbocycles. The van der Waals surface area contributed by atoms with Crippen LogP contribution in [0.25, 0.3) is 11.0 Å². The van der Waals surface area contributed by atoms with Crippen molar-refractivity contribution in [2.24, 2.45) is 7.05 Å². The number of sulfonamides is 2. The van der Waals surface area contributed by atoms with E-state index in [-0.39, 0.29) is 36.0 Å². The average Bonchev–Trinajstić information content (AvgIpc) is 3.23. The fourth-order valence-electron chi connectivity index (χ4n) is 3.16. The summed E-state index contributed by atoms with van der Waals surface area (Å²) in [5.74, 6) is 0. The summed E-state index contributed by atoms with van der Waals surface area (Å²) in [6.07, 6.45) is 3.12. The molecule has 3 aromatic rings. The van der Waals surface area contributed by atoms with E-state index in [4.69, 9.17) is 0 Å². The Kier molecular flexibility index (Phi) is 4.95. The molecule has 0 radical (unpaired) electrons. The van der Waals surface area contributed by atoms with Crippen molar-refractivity contribution in [2.75, 3.05) is 26.2 Å². The van der Waals surface area contributed by atoms with Gasteiger partial charge in [-0.05, 0) is 18.6 Å². The van der Waals surface area contributed by atoms with Crippen molar-refractivity contribution in [3.63, 3.8) is 0 Å². The van der Waals surface area contributed by atoms with E-state index in [0.29, 0.717) is 17.5 Å². The van der Waals surface area contributed by atoms with Crippen molar-refractivity contribution in [3.8, 4) is 0 Å². The lowest BCUT2D eigenvalue weighted by atomic mass is 10.3. The average molecular weight is 443 g/mol. The molecule has 1 saturated heterocycles. The van der Waals surface area contributed by atoms with Crippen LogP contribution in [0.4, 0.5) is 0 Å². The second-order valence-corrected chi connectivity index (χ2v) is 10.8. The molecule has 0 atom stereocenters. The first-order valence-electron chi connectivity index (χ1n) is 8.50. The van der Waals surface area contributed by atoms with Gasteiger partial charge in [0.15, 0.2) is 0 Å². The lowest BCUT2D eigenvalue weighted by molar-refractivity contribution is 0.405. The number of aryl methyl sites for hydroxylation is 1. The van der Waals surface area contributed by atoms with Crippen molar-refractivity contribution < 1.29 is 16.8 Å². The van der Waals surface area contributed by atoms with Crippen LogP contribution in [0.5, 0.6) is 0 Å². The summed E-state index contributed by atoms with van der Waals surface area (Å²) in [6, 6.07) is 4.85. The number of fused-ring (bicyclic) bond motifs is 1. The highest BCUT2D eigenvalue weighted by atomic mass is 32.2. The first-order chi connectivity index (χ1) is 13.3. The second kappa shape index (κ2) is 7.15. The Morgan fingerprint density at radius 3 is 2.36 bits per heavy atom. The standard InChI is InChI=1S/C15H18N6O4S3/c1-19-11-12(10-16-19)27(22,23)20-6-3-7-21(9-8-20)28(24,25)14-5-2-4-13-15(14)18-26-17-13/h2,4-5,10-11H,3,6-9H2,1H3. The molecule has 4 rings (SSSR count). The number of hydrogen-bond acceptors (Lipinski definition) is 8. The van der Waals surface area contributed by atoms with Crippen LogP contribution in [0.2, 0.25) is 0 Å². The molecule has 150 valence electrons. The third-order valence-electron chi connectivity index (χ3n) is 4.60. The van der Waals surface area contributed by atoms with Crippen molar-refractivity contribution in [1.29, 1.82) is 0 Å². The Labute approximate surface area is 166 Å². The van der Waals surface area contributed by atoms with Gasteiger partial charge in [-0.2, -0.15) is 22.5 Å². The van der Waals surface area contributed by atoms with E-state index >= 15 is 0 Å². The highest BCUT2D eigenvalue weighted by molar-refractivity contribution is 7.89. The lowest BCUT2D eigenvalue weighted by Crippen LogP contribution is -2.37. The Bertz CT molecular complexity index is 1220. The third kappa shape index (κ3) is 3.33. The maximum Gasteiger partial charge on any atom is 0.246 e. The van der Waals surface area contributed by atoms with E-state index in [0.717, 1.165) is 11.7 Å². The maximum absolute atomic E-state index is 13.2. The monoisotopic (exact) mass is 442 g/mol. The van der Waals surface area contributed by atoms with E-state index in [9.17, 15) is 16.8 Å². The topological polar surface area (TPSA) is 118 Å². The van der Waals surface area contributed by atoms with Gasteiger partial charge < -0.3 is 0 Å². The molecule has 0 bridgehead atoms. The molecular formula is C15H18N6O4S3. The number of aromatic nitrogens is 4. The van der Waals surface area contributed by atoms with Gasteiger partial charge in [-0.25, -0.2) is 16.8 Å². The summed E-state index contributed by atoms with van der Waals surface area (Å²) in [4.78, 5) is 0.201. The molecule has 28 heavy (non-hydrogen) atoms. The first kappa shape index (κ1) is 19.4. The molecule has 0 aliphatic carbocycles. The number of hydrogen-bond donors (Lipinski definition) is 0. The summed E-state index contributed by atoms with van der Waals surface area (Å²) in [7, 11) is -5.89. The lowest BCUT2D eigenvalue weighted by Gasteiger charge is -2.21. The largest absolute Gasteiger partial charge is 0.274 e. The van der Waals surface area contributed by atoms with Crippen LogP contribution in [0.15, 0.2) is 40.4 Å². The fraction of sp³-hybridized carbons (Fsp3) is 0.400. The van der Waals surface area contributed by atoms with Gasteiger partial charge in [-0.1, -0.05) is 6.07 Å². The highest BCUT2D eigenvalue weighted by Gasteiger charge is 2.33. The van der Waals surface area contributed by atoms with Crippen LogP contribution in [-0.4, -0.2) is 70.2 Å². The van der Waals surface area contributed by atoms with Gasteiger partial charge in [0.25, 0.3) is 0 Å². The molecule has 13 heteroatoms. The predicted molar refractivity (Wildman–Crippen MR) is 103 cm³/mol. The molecule has 0 amide bonds. The first-order valence-corrected chi connectivity index (χ1v) is 12.1. The molecule has 3 heterocycles. The molecule has 1 aliphatic heterocycles. The summed E-state index contributed by atoms with van der Waals surface area (Å²) in [5, 5.41) is 3.91. The van der Waals surface area contributed by atoms with Crippen molar-refractivity contribution in [1.82, 2.24) is 27.1 Å².